The summed E-state index contributed by atoms with van der Waals surface area (Å²) in [5.74, 6) is 0. The van der Waals surface area contributed by atoms with Crippen LogP contribution in [0.5, 0.6) is 0 Å². The summed E-state index contributed by atoms with van der Waals surface area (Å²) in [6, 6.07) is 8.80. The van der Waals surface area contributed by atoms with E-state index in [0.29, 0.717) is 0 Å². The molecule has 0 unspecified atom stereocenters. The van der Waals surface area contributed by atoms with Crippen LogP contribution in [0.3, 0.4) is 0 Å². The first-order valence-electron chi connectivity index (χ1n) is 5.66. The van der Waals surface area contributed by atoms with E-state index in [1.165, 1.54) is 29.5 Å². The fraction of sp³-hybridized carbons (Fsp3) is 0.375. The van der Waals surface area contributed by atoms with Crippen LogP contribution in [0.25, 0.3) is 0 Å². The molecule has 0 fully saturated rings. The molecule has 0 heterocycles. The minimum atomic E-state index is 0. The molecule has 0 radical (unpaired) electrons. The highest BCUT2D eigenvalue weighted by atomic mass is 14.1. The van der Waals surface area contributed by atoms with E-state index >= 15 is 0 Å². The SMILES string of the molecule is C.CC1=C(Cc2cccc(C)c2)C=CCC1. The molecule has 1 aromatic carbocycles. The highest BCUT2D eigenvalue weighted by molar-refractivity contribution is 5.35. The van der Waals surface area contributed by atoms with Crippen molar-refractivity contribution in [1.82, 2.24) is 0 Å². The van der Waals surface area contributed by atoms with Crippen molar-refractivity contribution in [3.05, 3.63) is 58.7 Å². The van der Waals surface area contributed by atoms with Gasteiger partial charge in [0.25, 0.3) is 0 Å². The van der Waals surface area contributed by atoms with E-state index in [-0.39, 0.29) is 7.43 Å². The molecule has 0 atom stereocenters. The summed E-state index contributed by atoms with van der Waals surface area (Å²) in [7, 11) is 0. The van der Waals surface area contributed by atoms with Crippen LogP contribution in [-0.2, 0) is 6.42 Å². The van der Waals surface area contributed by atoms with Crippen LogP contribution in [0.15, 0.2) is 47.6 Å². The van der Waals surface area contributed by atoms with Gasteiger partial charge in [0.15, 0.2) is 0 Å². The summed E-state index contributed by atoms with van der Waals surface area (Å²) < 4.78 is 0. The minimum absolute atomic E-state index is 0. The molecule has 0 heteroatoms. The topological polar surface area (TPSA) is 0 Å². The summed E-state index contributed by atoms with van der Waals surface area (Å²) in [6.45, 7) is 4.41. The Kier molecular flexibility index (Phi) is 4.54. The quantitative estimate of drug-likeness (QED) is 0.661. The summed E-state index contributed by atoms with van der Waals surface area (Å²) in [6.07, 6.45) is 8.12. The van der Waals surface area contributed by atoms with Crippen molar-refractivity contribution in [2.24, 2.45) is 0 Å². The summed E-state index contributed by atoms with van der Waals surface area (Å²) in [5, 5.41) is 0. The van der Waals surface area contributed by atoms with Gasteiger partial charge in [0.2, 0.25) is 0 Å². The average Bonchev–Trinajstić information content (AvgIpc) is 2.22. The van der Waals surface area contributed by atoms with Crippen molar-refractivity contribution in [2.75, 3.05) is 0 Å². The predicted molar refractivity (Wildman–Crippen MR) is 72.7 cm³/mol. The second-order valence-electron chi connectivity index (χ2n) is 4.41. The minimum Gasteiger partial charge on any atom is -0.0839 e. The van der Waals surface area contributed by atoms with Gasteiger partial charge in [-0.15, -0.1) is 0 Å². The second kappa shape index (κ2) is 5.69. The Labute approximate surface area is 99.7 Å². The lowest BCUT2D eigenvalue weighted by Crippen LogP contribution is -1.96. The Morgan fingerprint density at radius 2 is 2.00 bits per heavy atom. The Bertz CT molecular complexity index is 408. The molecule has 16 heavy (non-hydrogen) atoms. The van der Waals surface area contributed by atoms with Gasteiger partial charge in [0, 0.05) is 0 Å². The molecular formula is C16H22. The second-order valence-corrected chi connectivity index (χ2v) is 4.41. The van der Waals surface area contributed by atoms with Gasteiger partial charge in [0.1, 0.15) is 0 Å². The Hall–Kier alpha value is -1.30. The Morgan fingerprint density at radius 3 is 2.69 bits per heavy atom. The molecule has 0 nitrogen and oxygen atoms in total. The van der Waals surface area contributed by atoms with Crippen molar-refractivity contribution >= 4 is 0 Å². The maximum Gasteiger partial charge on any atom is -0.00263 e. The Morgan fingerprint density at radius 1 is 1.19 bits per heavy atom. The summed E-state index contributed by atoms with van der Waals surface area (Å²) in [4.78, 5) is 0. The molecule has 0 N–H and O–H groups in total. The standard InChI is InChI=1S/C15H18.CH4/c1-12-6-5-8-14(10-12)11-15-9-4-3-7-13(15)2;/h4-6,8-10H,3,7,11H2,1-2H3;1H4. The molecule has 1 aliphatic rings. The molecule has 2 rings (SSSR count). The van der Waals surface area contributed by atoms with E-state index in [9.17, 15) is 0 Å². The lowest BCUT2D eigenvalue weighted by molar-refractivity contribution is 0.920. The Balaban J connectivity index is 0.00000128. The first-order valence-corrected chi connectivity index (χ1v) is 5.66. The van der Waals surface area contributed by atoms with Crippen molar-refractivity contribution in [3.8, 4) is 0 Å². The smallest absolute Gasteiger partial charge is 0.00263 e. The third-order valence-electron chi connectivity index (χ3n) is 3.03. The number of allylic oxidation sites excluding steroid dienone is 4. The van der Waals surface area contributed by atoms with E-state index < -0.39 is 0 Å². The van der Waals surface area contributed by atoms with Gasteiger partial charge in [-0.1, -0.05) is 55.0 Å². The monoisotopic (exact) mass is 214 g/mol. The zero-order chi connectivity index (χ0) is 10.7. The van der Waals surface area contributed by atoms with E-state index in [4.69, 9.17) is 0 Å². The fourth-order valence-electron chi connectivity index (χ4n) is 2.08. The third-order valence-corrected chi connectivity index (χ3v) is 3.03. The lowest BCUT2D eigenvalue weighted by Gasteiger charge is -2.12. The van der Waals surface area contributed by atoms with Gasteiger partial charge >= 0.3 is 0 Å². The van der Waals surface area contributed by atoms with Crippen molar-refractivity contribution in [2.45, 2.75) is 40.5 Å². The van der Waals surface area contributed by atoms with Gasteiger partial charge in [0.05, 0.1) is 0 Å². The highest BCUT2D eigenvalue weighted by Gasteiger charge is 2.04. The molecule has 0 aliphatic heterocycles. The van der Waals surface area contributed by atoms with Crippen molar-refractivity contribution in [3.63, 3.8) is 0 Å². The number of hydrogen-bond acceptors (Lipinski definition) is 0. The predicted octanol–water partition coefficient (Wildman–Crippen LogP) is 4.84. The zero-order valence-electron chi connectivity index (χ0n) is 9.59. The normalized spacial score (nSPS) is 14.9. The largest absolute Gasteiger partial charge is 0.0839 e. The molecule has 0 amide bonds. The number of benzene rings is 1. The van der Waals surface area contributed by atoms with E-state index in [1.807, 2.05) is 0 Å². The molecule has 0 saturated carbocycles. The van der Waals surface area contributed by atoms with E-state index in [1.54, 1.807) is 5.57 Å². The van der Waals surface area contributed by atoms with E-state index in [2.05, 4.69) is 50.3 Å². The van der Waals surface area contributed by atoms with Crippen LogP contribution >= 0.6 is 0 Å². The summed E-state index contributed by atoms with van der Waals surface area (Å²) >= 11 is 0. The lowest BCUT2D eigenvalue weighted by atomic mass is 9.93. The zero-order valence-corrected chi connectivity index (χ0v) is 9.59. The fourth-order valence-corrected chi connectivity index (χ4v) is 2.08. The van der Waals surface area contributed by atoms with Crippen molar-refractivity contribution < 1.29 is 0 Å². The molecule has 0 bridgehead atoms. The molecule has 0 aromatic heterocycles. The maximum absolute atomic E-state index is 2.29. The molecule has 1 aliphatic carbocycles. The van der Waals surface area contributed by atoms with Crippen LogP contribution in [0, 0.1) is 6.92 Å². The van der Waals surface area contributed by atoms with Gasteiger partial charge in [-0.2, -0.15) is 0 Å². The number of rotatable bonds is 2. The van der Waals surface area contributed by atoms with Crippen LogP contribution in [0.4, 0.5) is 0 Å². The molecule has 86 valence electrons. The van der Waals surface area contributed by atoms with Crippen molar-refractivity contribution in [1.29, 1.82) is 0 Å². The van der Waals surface area contributed by atoms with Crippen LogP contribution in [-0.4, -0.2) is 0 Å². The molecule has 1 aromatic rings. The van der Waals surface area contributed by atoms with Gasteiger partial charge < -0.3 is 0 Å². The van der Waals surface area contributed by atoms with Crippen LogP contribution in [0.2, 0.25) is 0 Å². The van der Waals surface area contributed by atoms with Gasteiger partial charge in [-0.25, -0.2) is 0 Å². The molecule has 0 saturated heterocycles. The first-order chi connectivity index (χ1) is 7.25. The summed E-state index contributed by atoms with van der Waals surface area (Å²) in [5.41, 5.74) is 5.84. The van der Waals surface area contributed by atoms with Crippen LogP contribution < -0.4 is 0 Å². The highest BCUT2D eigenvalue weighted by Crippen LogP contribution is 2.22. The third kappa shape index (κ3) is 3.10. The molecule has 0 spiro atoms. The van der Waals surface area contributed by atoms with Crippen LogP contribution in [0.1, 0.15) is 38.3 Å². The number of hydrogen-bond donors (Lipinski definition) is 0. The average molecular weight is 214 g/mol. The van der Waals surface area contributed by atoms with Gasteiger partial charge in [-0.3, -0.25) is 0 Å². The van der Waals surface area contributed by atoms with E-state index in [0.717, 1.165) is 6.42 Å². The molecular weight excluding hydrogens is 192 g/mol. The maximum atomic E-state index is 2.29. The van der Waals surface area contributed by atoms with Gasteiger partial charge in [-0.05, 0) is 44.2 Å². The first kappa shape index (κ1) is 12.8. The number of aryl methyl sites for hydroxylation is 1.